The molecule has 0 aliphatic carbocycles. The molecule has 0 saturated heterocycles. The topological polar surface area (TPSA) is 70.7 Å². The van der Waals surface area contributed by atoms with Crippen molar-refractivity contribution < 1.29 is 4.79 Å². The molecule has 2 aromatic heterocycles. The third-order valence-corrected chi connectivity index (χ3v) is 3.76. The molecule has 4 aromatic rings. The number of aromatic nitrogens is 3. The second-order valence-electron chi connectivity index (χ2n) is 5.36. The lowest BCUT2D eigenvalue weighted by Gasteiger charge is -2.08. The van der Waals surface area contributed by atoms with E-state index in [1.54, 1.807) is 12.5 Å². The predicted molar refractivity (Wildman–Crippen MR) is 90.2 cm³/mol. The maximum absolute atomic E-state index is 12.3. The van der Waals surface area contributed by atoms with Crippen LogP contribution >= 0.6 is 0 Å². The fraction of sp³-hybridized carbons (Fsp3) is 0.0556. The lowest BCUT2D eigenvalue weighted by atomic mass is 10.1. The van der Waals surface area contributed by atoms with E-state index in [1.807, 2.05) is 48.5 Å². The Morgan fingerprint density at radius 3 is 2.96 bits per heavy atom. The van der Waals surface area contributed by atoms with E-state index >= 15 is 0 Å². The number of anilines is 1. The molecule has 0 spiro atoms. The van der Waals surface area contributed by atoms with Crippen LogP contribution in [0.2, 0.25) is 0 Å². The summed E-state index contributed by atoms with van der Waals surface area (Å²) in [6, 6.07) is 15.4. The van der Waals surface area contributed by atoms with Crippen LogP contribution in [0.3, 0.4) is 0 Å². The fourth-order valence-corrected chi connectivity index (χ4v) is 2.68. The summed E-state index contributed by atoms with van der Waals surface area (Å²) >= 11 is 0. The molecule has 5 nitrogen and oxygen atoms in total. The third-order valence-electron chi connectivity index (χ3n) is 3.76. The van der Waals surface area contributed by atoms with E-state index in [4.69, 9.17) is 0 Å². The number of para-hydroxylation sites is 1. The average Bonchev–Trinajstić information content (AvgIpc) is 3.03. The Morgan fingerprint density at radius 2 is 2.00 bits per heavy atom. The summed E-state index contributed by atoms with van der Waals surface area (Å²) in [6.07, 6.45) is 3.68. The quantitative estimate of drug-likeness (QED) is 0.610. The van der Waals surface area contributed by atoms with Gasteiger partial charge in [0.15, 0.2) is 0 Å². The first-order valence-corrected chi connectivity index (χ1v) is 7.35. The standard InChI is InChI=1S/C18H14N4O/c23-17(10-12-6-7-14-16(9-12)21-11-20-14)22-15-5-1-3-13-4-2-8-19-18(13)15/h1-9,11H,10H2,(H,20,21)(H,22,23). The molecule has 0 unspecified atom stereocenters. The van der Waals surface area contributed by atoms with Crippen LogP contribution in [0.1, 0.15) is 5.56 Å². The van der Waals surface area contributed by atoms with Gasteiger partial charge in [-0.2, -0.15) is 0 Å². The minimum atomic E-state index is -0.0676. The summed E-state index contributed by atoms with van der Waals surface area (Å²) in [5, 5.41) is 3.95. The van der Waals surface area contributed by atoms with Crippen LogP contribution < -0.4 is 5.32 Å². The van der Waals surface area contributed by atoms with Crippen LogP contribution in [-0.4, -0.2) is 20.9 Å². The number of nitrogens with zero attached hydrogens (tertiary/aromatic N) is 2. The molecule has 0 bridgehead atoms. The maximum Gasteiger partial charge on any atom is 0.228 e. The highest BCUT2D eigenvalue weighted by molar-refractivity contribution is 6.01. The molecule has 112 valence electrons. The minimum Gasteiger partial charge on any atom is -0.345 e. The van der Waals surface area contributed by atoms with Gasteiger partial charge in [-0.3, -0.25) is 9.78 Å². The first-order valence-electron chi connectivity index (χ1n) is 7.35. The van der Waals surface area contributed by atoms with Gasteiger partial charge in [-0.05, 0) is 29.8 Å². The van der Waals surface area contributed by atoms with E-state index in [-0.39, 0.29) is 5.91 Å². The van der Waals surface area contributed by atoms with E-state index in [0.717, 1.165) is 33.2 Å². The molecule has 0 aliphatic rings. The summed E-state index contributed by atoms with van der Waals surface area (Å²) in [5.74, 6) is -0.0676. The average molecular weight is 302 g/mol. The highest BCUT2D eigenvalue weighted by Gasteiger charge is 2.08. The number of carbonyl (C=O) groups is 1. The van der Waals surface area contributed by atoms with Gasteiger partial charge in [0.25, 0.3) is 0 Å². The van der Waals surface area contributed by atoms with Crippen molar-refractivity contribution in [2.24, 2.45) is 0 Å². The first-order chi connectivity index (χ1) is 11.3. The Balaban J connectivity index is 1.57. The van der Waals surface area contributed by atoms with Crippen LogP contribution in [0.5, 0.6) is 0 Å². The van der Waals surface area contributed by atoms with E-state index in [9.17, 15) is 4.79 Å². The molecular formula is C18H14N4O. The molecule has 4 rings (SSSR count). The van der Waals surface area contributed by atoms with Crippen molar-refractivity contribution in [2.75, 3.05) is 5.32 Å². The molecule has 2 N–H and O–H groups in total. The first kappa shape index (κ1) is 13.5. The molecule has 0 aliphatic heterocycles. The number of H-pyrrole nitrogens is 1. The van der Waals surface area contributed by atoms with Crippen LogP contribution in [0.15, 0.2) is 61.1 Å². The van der Waals surface area contributed by atoms with Gasteiger partial charge in [0.05, 0.1) is 35.0 Å². The lowest BCUT2D eigenvalue weighted by Crippen LogP contribution is -2.14. The van der Waals surface area contributed by atoms with Crippen molar-refractivity contribution in [1.29, 1.82) is 0 Å². The number of carbonyl (C=O) groups excluding carboxylic acids is 1. The van der Waals surface area contributed by atoms with Crippen molar-refractivity contribution in [2.45, 2.75) is 6.42 Å². The molecule has 0 fully saturated rings. The minimum absolute atomic E-state index is 0.0676. The van der Waals surface area contributed by atoms with Gasteiger partial charge in [0.2, 0.25) is 5.91 Å². The van der Waals surface area contributed by atoms with Gasteiger partial charge in [0.1, 0.15) is 0 Å². The van der Waals surface area contributed by atoms with E-state index in [2.05, 4.69) is 20.3 Å². The fourth-order valence-electron chi connectivity index (χ4n) is 2.68. The van der Waals surface area contributed by atoms with Crippen LogP contribution in [0.25, 0.3) is 21.9 Å². The van der Waals surface area contributed by atoms with E-state index < -0.39 is 0 Å². The number of nitrogens with one attached hydrogen (secondary N) is 2. The second-order valence-corrected chi connectivity index (χ2v) is 5.36. The molecule has 2 aromatic carbocycles. The molecule has 23 heavy (non-hydrogen) atoms. The number of amides is 1. The second kappa shape index (κ2) is 5.53. The number of rotatable bonds is 3. The van der Waals surface area contributed by atoms with Crippen LogP contribution in [0.4, 0.5) is 5.69 Å². The zero-order valence-corrected chi connectivity index (χ0v) is 12.3. The van der Waals surface area contributed by atoms with E-state index in [0.29, 0.717) is 6.42 Å². The van der Waals surface area contributed by atoms with Crippen molar-refractivity contribution >= 4 is 33.5 Å². The monoisotopic (exact) mass is 302 g/mol. The zero-order chi connectivity index (χ0) is 15.6. The van der Waals surface area contributed by atoms with Gasteiger partial charge < -0.3 is 10.3 Å². The Kier molecular flexibility index (Phi) is 3.24. The smallest absolute Gasteiger partial charge is 0.228 e. The van der Waals surface area contributed by atoms with Gasteiger partial charge in [-0.1, -0.05) is 24.3 Å². The Bertz CT molecular complexity index is 1000. The largest absolute Gasteiger partial charge is 0.345 e. The van der Waals surface area contributed by atoms with Crippen molar-refractivity contribution in [3.05, 3.63) is 66.6 Å². The van der Waals surface area contributed by atoms with Gasteiger partial charge in [-0.25, -0.2) is 4.98 Å². The highest BCUT2D eigenvalue weighted by Crippen LogP contribution is 2.21. The van der Waals surface area contributed by atoms with Gasteiger partial charge >= 0.3 is 0 Å². The summed E-state index contributed by atoms with van der Waals surface area (Å²) in [4.78, 5) is 23.9. The number of aromatic amines is 1. The van der Waals surface area contributed by atoms with Gasteiger partial charge in [-0.15, -0.1) is 0 Å². The third kappa shape index (κ3) is 2.64. The number of fused-ring (bicyclic) bond motifs is 2. The zero-order valence-electron chi connectivity index (χ0n) is 12.3. The number of pyridine rings is 1. The lowest BCUT2D eigenvalue weighted by molar-refractivity contribution is -0.115. The molecule has 5 heteroatoms. The number of imidazole rings is 1. The van der Waals surface area contributed by atoms with Gasteiger partial charge in [0, 0.05) is 11.6 Å². The molecule has 0 radical (unpaired) electrons. The summed E-state index contributed by atoms with van der Waals surface area (Å²) in [6.45, 7) is 0. The SMILES string of the molecule is O=C(Cc1ccc2nc[nH]c2c1)Nc1cccc2cccnc12. The summed E-state index contributed by atoms with van der Waals surface area (Å²) in [5.41, 5.74) is 4.30. The molecule has 0 atom stereocenters. The van der Waals surface area contributed by atoms with Crippen molar-refractivity contribution in [3.8, 4) is 0 Å². The predicted octanol–water partition coefficient (Wildman–Crippen LogP) is 3.29. The van der Waals surface area contributed by atoms with E-state index in [1.165, 1.54) is 0 Å². The molecule has 2 heterocycles. The molecule has 0 saturated carbocycles. The Labute approximate surface area is 132 Å². The molecule has 1 amide bonds. The number of benzene rings is 2. The van der Waals surface area contributed by atoms with Crippen molar-refractivity contribution in [3.63, 3.8) is 0 Å². The Morgan fingerprint density at radius 1 is 1.09 bits per heavy atom. The maximum atomic E-state index is 12.3. The van der Waals surface area contributed by atoms with Crippen molar-refractivity contribution in [1.82, 2.24) is 15.0 Å². The summed E-state index contributed by atoms with van der Waals surface area (Å²) in [7, 11) is 0. The summed E-state index contributed by atoms with van der Waals surface area (Å²) < 4.78 is 0. The molecular weight excluding hydrogens is 288 g/mol. The highest BCUT2D eigenvalue weighted by atomic mass is 16.1. The number of hydrogen-bond donors (Lipinski definition) is 2. The Hall–Kier alpha value is -3.21. The van der Waals surface area contributed by atoms with Crippen LogP contribution in [-0.2, 0) is 11.2 Å². The number of hydrogen-bond acceptors (Lipinski definition) is 3. The normalized spacial score (nSPS) is 11.0. The van der Waals surface area contributed by atoms with Crippen LogP contribution in [0, 0.1) is 0 Å².